The summed E-state index contributed by atoms with van der Waals surface area (Å²) in [6.45, 7) is 6.48. The lowest BCUT2D eigenvalue weighted by Crippen LogP contribution is -2.34. The van der Waals surface area contributed by atoms with Gasteiger partial charge in [0, 0.05) is 41.3 Å². The van der Waals surface area contributed by atoms with Crippen molar-refractivity contribution < 1.29 is 9.59 Å². The summed E-state index contributed by atoms with van der Waals surface area (Å²) in [6.07, 6.45) is 4.06. The molecule has 2 atom stereocenters. The number of pyridine rings is 1. The van der Waals surface area contributed by atoms with Crippen LogP contribution in [0.4, 0.5) is 5.82 Å². The summed E-state index contributed by atoms with van der Waals surface area (Å²) in [7, 11) is 0. The zero-order valence-corrected chi connectivity index (χ0v) is 28.0. The number of hydrogen-bond donors (Lipinski definition) is 2. The number of carbonyl (C=O) groups is 2. The topological polar surface area (TPSA) is 128 Å². The van der Waals surface area contributed by atoms with Gasteiger partial charge in [-0.15, -0.1) is 5.10 Å². The number of para-hydroxylation sites is 1. The summed E-state index contributed by atoms with van der Waals surface area (Å²) in [5.74, 6) is 0.210. The number of fused-ring (bicyclic) bond motifs is 3. The van der Waals surface area contributed by atoms with Crippen LogP contribution < -0.4 is 16.6 Å². The summed E-state index contributed by atoms with van der Waals surface area (Å²) in [5.41, 5.74) is 11.8. The molecule has 6 aromatic rings. The molecule has 11 heteroatoms. The van der Waals surface area contributed by atoms with E-state index in [-0.39, 0.29) is 28.9 Å². The number of anilines is 1. The number of nitrogens with two attached hydrogens (primary N) is 1. The van der Waals surface area contributed by atoms with Gasteiger partial charge >= 0.3 is 0 Å². The van der Waals surface area contributed by atoms with Crippen molar-refractivity contribution in [3.63, 3.8) is 0 Å². The average Bonchev–Trinajstić information content (AvgIpc) is 3.80. The van der Waals surface area contributed by atoms with Crippen LogP contribution >= 0.6 is 11.6 Å². The number of nitrogens with zero attached hydrogens (tertiary/aromatic N) is 5. The molecule has 1 saturated carbocycles. The SMILES string of the molecule is Cc1cc(-c2ccn3nc(N)c(C(=O)N[C@@H](C)c4cc5cccc(Cl)c5c(=O)n4-c4ccccc4)c3n2)cc2c1C(=O)N([C@@H](C)C1CC1)C2. The van der Waals surface area contributed by atoms with Crippen LogP contribution in [-0.2, 0) is 6.54 Å². The lowest BCUT2D eigenvalue weighted by Gasteiger charge is -2.24. The molecule has 1 aliphatic carbocycles. The maximum Gasteiger partial charge on any atom is 0.264 e. The monoisotopic (exact) mass is 671 g/mol. The first-order valence-corrected chi connectivity index (χ1v) is 16.8. The van der Waals surface area contributed by atoms with Crippen LogP contribution in [0.5, 0.6) is 0 Å². The molecule has 0 unspecified atom stereocenters. The number of nitrogen functional groups attached to an aromatic ring is 1. The molecule has 1 fully saturated rings. The first kappa shape index (κ1) is 30.8. The fourth-order valence-electron chi connectivity index (χ4n) is 7.17. The first-order valence-electron chi connectivity index (χ1n) is 16.4. The van der Waals surface area contributed by atoms with Crippen molar-refractivity contribution in [1.82, 2.24) is 29.4 Å². The maximum absolute atomic E-state index is 14.0. The molecule has 49 heavy (non-hydrogen) atoms. The van der Waals surface area contributed by atoms with Crippen LogP contribution in [0.3, 0.4) is 0 Å². The number of benzene rings is 3. The van der Waals surface area contributed by atoms with Crippen LogP contribution in [0.2, 0.25) is 5.02 Å². The third-order valence-electron chi connectivity index (χ3n) is 9.89. The highest BCUT2D eigenvalue weighted by atomic mass is 35.5. The van der Waals surface area contributed by atoms with Gasteiger partial charge in [0.25, 0.3) is 17.4 Å². The third kappa shape index (κ3) is 5.14. The van der Waals surface area contributed by atoms with E-state index in [1.54, 1.807) is 22.9 Å². The second kappa shape index (κ2) is 11.6. The number of halogens is 1. The fraction of sp³-hybridized carbons (Fsp3) is 0.237. The minimum Gasteiger partial charge on any atom is -0.381 e. The van der Waals surface area contributed by atoms with E-state index in [9.17, 15) is 14.4 Å². The van der Waals surface area contributed by atoms with Gasteiger partial charge < -0.3 is 16.0 Å². The summed E-state index contributed by atoms with van der Waals surface area (Å²) >= 11 is 6.48. The summed E-state index contributed by atoms with van der Waals surface area (Å²) in [5, 5.41) is 8.82. The van der Waals surface area contributed by atoms with Crippen molar-refractivity contribution in [2.45, 2.75) is 52.2 Å². The summed E-state index contributed by atoms with van der Waals surface area (Å²) in [4.78, 5) is 48.1. The molecule has 0 radical (unpaired) electrons. The molecule has 0 spiro atoms. The Morgan fingerprint density at radius 2 is 1.80 bits per heavy atom. The van der Waals surface area contributed by atoms with E-state index < -0.39 is 11.9 Å². The first-order chi connectivity index (χ1) is 23.6. The van der Waals surface area contributed by atoms with Crippen LogP contribution in [0, 0.1) is 12.8 Å². The van der Waals surface area contributed by atoms with E-state index in [1.807, 2.05) is 79.4 Å². The van der Waals surface area contributed by atoms with Crippen molar-refractivity contribution >= 4 is 45.7 Å². The molecular weight excluding hydrogens is 638 g/mol. The van der Waals surface area contributed by atoms with Crippen LogP contribution in [0.15, 0.2) is 83.8 Å². The van der Waals surface area contributed by atoms with E-state index in [2.05, 4.69) is 17.3 Å². The predicted molar refractivity (Wildman–Crippen MR) is 190 cm³/mol. The minimum absolute atomic E-state index is 0.0283. The second-order valence-corrected chi connectivity index (χ2v) is 13.5. The Morgan fingerprint density at radius 3 is 2.55 bits per heavy atom. The van der Waals surface area contributed by atoms with Gasteiger partial charge in [-0.1, -0.05) is 41.9 Å². The average molecular weight is 672 g/mol. The molecule has 1 aliphatic heterocycles. The Hall–Kier alpha value is -5.48. The molecule has 3 N–H and O–H groups in total. The van der Waals surface area contributed by atoms with Gasteiger partial charge in [-0.05, 0) is 98.5 Å². The molecule has 2 aliphatic rings. The number of carbonyl (C=O) groups excluding carboxylic acids is 2. The third-order valence-corrected chi connectivity index (χ3v) is 10.2. The van der Waals surface area contributed by atoms with Gasteiger partial charge in [0.2, 0.25) is 0 Å². The Bertz CT molecular complexity index is 2400. The molecule has 2 amide bonds. The number of rotatable bonds is 7. The Balaban J connectivity index is 1.15. The fourth-order valence-corrected chi connectivity index (χ4v) is 7.43. The van der Waals surface area contributed by atoms with E-state index in [4.69, 9.17) is 22.3 Å². The normalized spacial score (nSPS) is 15.5. The highest BCUT2D eigenvalue weighted by Gasteiger charge is 2.39. The van der Waals surface area contributed by atoms with Crippen molar-refractivity contribution in [3.8, 4) is 16.9 Å². The van der Waals surface area contributed by atoms with Crippen LogP contribution in [0.25, 0.3) is 33.4 Å². The lowest BCUT2D eigenvalue weighted by molar-refractivity contribution is 0.0696. The number of amides is 2. The predicted octanol–water partition coefficient (Wildman–Crippen LogP) is 6.49. The van der Waals surface area contributed by atoms with Crippen molar-refractivity contribution in [1.29, 1.82) is 0 Å². The molecule has 4 heterocycles. The molecular formula is C38H34ClN7O3. The van der Waals surface area contributed by atoms with Gasteiger partial charge in [-0.25, -0.2) is 9.50 Å². The minimum atomic E-state index is -0.626. The Kier molecular flexibility index (Phi) is 7.29. The standard InChI is InChI=1S/C38H34ClN7O3/c1-20-16-25(17-26-19-44(37(48)31(20)26)22(3)23-12-13-23)29-14-15-45-35(42-29)33(34(40)43-45)36(47)41-21(2)30-18-24-8-7-11-28(39)32(24)38(49)46(30)27-9-5-4-6-10-27/h4-11,14-18,21-23H,12-13,19H2,1-3H3,(H2,40,43)(H,41,47)/t21-,22-/m0/s1. The molecule has 3 aromatic heterocycles. The summed E-state index contributed by atoms with van der Waals surface area (Å²) < 4.78 is 3.06. The highest BCUT2D eigenvalue weighted by molar-refractivity contribution is 6.35. The van der Waals surface area contributed by atoms with Gasteiger partial charge in [-0.3, -0.25) is 19.0 Å². The van der Waals surface area contributed by atoms with E-state index in [1.165, 1.54) is 17.4 Å². The van der Waals surface area contributed by atoms with E-state index in [0.29, 0.717) is 51.0 Å². The zero-order chi connectivity index (χ0) is 34.1. The number of hydrogen-bond acceptors (Lipinski definition) is 6. The summed E-state index contributed by atoms with van der Waals surface area (Å²) in [6, 6.07) is 21.8. The van der Waals surface area contributed by atoms with Gasteiger partial charge in [0.1, 0.15) is 5.56 Å². The van der Waals surface area contributed by atoms with Crippen LogP contribution in [0.1, 0.15) is 70.3 Å². The zero-order valence-electron chi connectivity index (χ0n) is 27.3. The van der Waals surface area contributed by atoms with E-state index >= 15 is 0 Å². The van der Waals surface area contributed by atoms with Gasteiger partial charge in [-0.2, -0.15) is 0 Å². The molecule has 246 valence electrons. The highest BCUT2D eigenvalue weighted by Crippen LogP contribution is 2.40. The van der Waals surface area contributed by atoms with Gasteiger partial charge in [0.15, 0.2) is 11.5 Å². The molecule has 0 saturated heterocycles. The number of aryl methyl sites for hydroxylation is 1. The van der Waals surface area contributed by atoms with Crippen molar-refractivity contribution in [3.05, 3.63) is 122 Å². The Labute approximate surface area is 287 Å². The molecule has 3 aromatic carbocycles. The molecule has 8 rings (SSSR count). The smallest absolute Gasteiger partial charge is 0.264 e. The quantitative estimate of drug-likeness (QED) is 0.200. The number of nitrogens with one attached hydrogen (secondary N) is 1. The van der Waals surface area contributed by atoms with Gasteiger partial charge in [0.05, 0.1) is 22.1 Å². The molecule has 0 bridgehead atoms. The second-order valence-electron chi connectivity index (χ2n) is 13.1. The molecule has 10 nitrogen and oxygen atoms in total. The number of aromatic nitrogens is 4. The largest absolute Gasteiger partial charge is 0.381 e. The lowest BCUT2D eigenvalue weighted by atomic mass is 9.98. The maximum atomic E-state index is 14.0. The Morgan fingerprint density at radius 1 is 1.02 bits per heavy atom. The van der Waals surface area contributed by atoms with Crippen molar-refractivity contribution in [2.24, 2.45) is 5.92 Å². The van der Waals surface area contributed by atoms with Crippen LogP contribution in [-0.4, -0.2) is 41.9 Å². The van der Waals surface area contributed by atoms with Crippen molar-refractivity contribution in [2.75, 3.05) is 5.73 Å². The van der Waals surface area contributed by atoms with E-state index in [0.717, 1.165) is 22.3 Å².